The van der Waals surface area contributed by atoms with Crippen molar-refractivity contribution in [3.63, 3.8) is 0 Å². The monoisotopic (exact) mass is 462 g/mol. The number of rotatable bonds is 4. The van der Waals surface area contributed by atoms with Crippen molar-refractivity contribution >= 4 is 45.2 Å². The number of fused-ring (bicyclic) bond motifs is 2. The Hall–Kier alpha value is -2.19. The summed E-state index contributed by atoms with van der Waals surface area (Å²) in [5, 5.41) is 5.39. The van der Waals surface area contributed by atoms with Crippen LogP contribution in [0.15, 0.2) is 45.8 Å². The van der Waals surface area contributed by atoms with Crippen LogP contribution >= 0.6 is 27.7 Å². The SMILES string of the molecule is CC(NC(=O)CC1Sc2ccccc2NC1=O)c1cc2c(cc1Br)OCCO2. The lowest BCUT2D eigenvalue weighted by Gasteiger charge is -2.25. The molecule has 0 aliphatic carbocycles. The van der Waals surface area contributed by atoms with Crippen molar-refractivity contribution in [2.45, 2.75) is 29.5 Å². The lowest BCUT2D eigenvalue weighted by atomic mass is 10.1. The molecule has 2 aliphatic rings. The Bertz CT molecular complexity index is 936. The summed E-state index contributed by atoms with van der Waals surface area (Å²) >= 11 is 4.96. The van der Waals surface area contributed by atoms with E-state index in [-0.39, 0.29) is 24.3 Å². The minimum absolute atomic E-state index is 0.108. The molecule has 0 radical (unpaired) electrons. The van der Waals surface area contributed by atoms with E-state index in [1.165, 1.54) is 11.8 Å². The molecule has 2 amide bonds. The van der Waals surface area contributed by atoms with E-state index in [1.807, 2.05) is 43.3 Å². The van der Waals surface area contributed by atoms with E-state index in [2.05, 4.69) is 26.6 Å². The van der Waals surface area contributed by atoms with Crippen LogP contribution in [-0.2, 0) is 9.59 Å². The fourth-order valence-electron chi connectivity index (χ4n) is 3.19. The van der Waals surface area contributed by atoms with Gasteiger partial charge in [0.1, 0.15) is 13.2 Å². The van der Waals surface area contributed by atoms with Crippen LogP contribution in [0.25, 0.3) is 0 Å². The number of para-hydroxylation sites is 1. The van der Waals surface area contributed by atoms with Gasteiger partial charge in [-0.1, -0.05) is 28.1 Å². The molecular weight excluding hydrogens is 444 g/mol. The summed E-state index contributed by atoms with van der Waals surface area (Å²) in [5.74, 6) is 1.03. The molecule has 0 fully saturated rings. The number of hydrogen-bond acceptors (Lipinski definition) is 5. The third-order valence-electron chi connectivity index (χ3n) is 4.58. The zero-order valence-electron chi connectivity index (χ0n) is 15.2. The van der Waals surface area contributed by atoms with Crippen LogP contribution in [0.2, 0.25) is 0 Å². The average molecular weight is 463 g/mol. The van der Waals surface area contributed by atoms with Gasteiger partial charge in [-0.05, 0) is 36.8 Å². The van der Waals surface area contributed by atoms with Crippen LogP contribution in [0.4, 0.5) is 5.69 Å². The number of amides is 2. The molecule has 0 aromatic heterocycles. The summed E-state index contributed by atoms with van der Waals surface area (Å²) in [6.45, 7) is 2.93. The molecule has 28 heavy (non-hydrogen) atoms. The maximum atomic E-state index is 12.6. The predicted molar refractivity (Wildman–Crippen MR) is 111 cm³/mol. The Balaban J connectivity index is 1.42. The van der Waals surface area contributed by atoms with Crippen molar-refractivity contribution in [3.8, 4) is 11.5 Å². The van der Waals surface area contributed by atoms with Crippen LogP contribution in [0.3, 0.4) is 0 Å². The molecule has 2 unspecified atom stereocenters. The normalized spacial score (nSPS) is 18.6. The minimum Gasteiger partial charge on any atom is -0.486 e. The lowest BCUT2D eigenvalue weighted by molar-refractivity contribution is -0.124. The van der Waals surface area contributed by atoms with Gasteiger partial charge in [0.15, 0.2) is 11.5 Å². The van der Waals surface area contributed by atoms with Crippen molar-refractivity contribution in [2.24, 2.45) is 0 Å². The molecule has 0 saturated carbocycles. The molecule has 0 spiro atoms. The number of benzene rings is 2. The van der Waals surface area contributed by atoms with Gasteiger partial charge in [0.2, 0.25) is 11.8 Å². The second-order valence-electron chi connectivity index (χ2n) is 6.60. The fraction of sp³-hybridized carbons (Fsp3) is 0.300. The second-order valence-corrected chi connectivity index (χ2v) is 8.70. The first-order valence-corrected chi connectivity index (χ1v) is 10.6. The predicted octanol–water partition coefficient (Wildman–Crippen LogP) is 3.90. The van der Waals surface area contributed by atoms with Crippen LogP contribution in [0.5, 0.6) is 11.5 Å². The number of carbonyl (C=O) groups is 2. The summed E-state index contributed by atoms with van der Waals surface area (Å²) in [6, 6.07) is 11.1. The standard InChI is InChI=1S/C20H19BrN2O4S/c1-11(12-8-15-16(9-13(12)21)27-7-6-26-15)22-19(24)10-18-20(25)23-14-4-2-3-5-17(14)28-18/h2-5,8-9,11,18H,6-7,10H2,1H3,(H,22,24)(H,23,25). The molecule has 2 aromatic carbocycles. The summed E-state index contributed by atoms with van der Waals surface area (Å²) in [4.78, 5) is 25.9. The van der Waals surface area contributed by atoms with Crippen molar-refractivity contribution in [3.05, 3.63) is 46.4 Å². The van der Waals surface area contributed by atoms with Crippen LogP contribution < -0.4 is 20.1 Å². The number of thioether (sulfide) groups is 1. The zero-order valence-corrected chi connectivity index (χ0v) is 17.6. The molecule has 8 heteroatoms. The molecule has 0 bridgehead atoms. The van der Waals surface area contributed by atoms with Crippen molar-refractivity contribution in [2.75, 3.05) is 18.5 Å². The third kappa shape index (κ3) is 3.98. The van der Waals surface area contributed by atoms with Gasteiger partial charge in [0.25, 0.3) is 0 Å². The average Bonchev–Trinajstić information content (AvgIpc) is 2.68. The molecule has 2 aromatic rings. The second kappa shape index (κ2) is 8.05. The molecule has 2 atom stereocenters. The maximum Gasteiger partial charge on any atom is 0.238 e. The third-order valence-corrected chi connectivity index (χ3v) is 6.54. The number of ether oxygens (including phenoxy) is 2. The zero-order chi connectivity index (χ0) is 19.7. The quantitative estimate of drug-likeness (QED) is 0.720. The van der Waals surface area contributed by atoms with E-state index in [1.54, 1.807) is 0 Å². The van der Waals surface area contributed by atoms with Gasteiger partial charge in [0.05, 0.1) is 17.0 Å². The Morgan fingerprint density at radius 3 is 2.79 bits per heavy atom. The van der Waals surface area contributed by atoms with E-state index < -0.39 is 5.25 Å². The largest absolute Gasteiger partial charge is 0.486 e. The Labute approximate surface area is 175 Å². The molecule has 2 N–H and O–H groups in total. The van der Waals surface area contributed by atoms with Crippen LogP contribution in [0, 0.1) is 0 Å². The molecule has 6 nitrogen and oxygen atoms in total. The van der Waals surface area contributed by atoms with Gasteiger partial charge in [0, 0.05) is 15.8 Å². The molecule has 0 saturated heterocycles. The topological polar surface area (TPSA) is 76.7 Å². The van der Waals surface area contributed by atoms with E-state index in [0.29, 0.717) is 24.7 Å². The highest BCUT2D eigenvalue weighted by molar-refractivity contribution is 9.10. The van der Waals surface area contributed by atoms with Crippen molar-refractivity contribution in [1.82, 2.24) is 5.32 Å². The molecular formula is C20H19BrN2O4S. The number of hydrogen-bond donors (Lipinski definition) is 2. The lowest BCUT2D eigenvalue weighted by Crippen LogP contribution is -2.35. The number of anilines is 1. The smallest absolute Gasteiger partial charge is 0.238 e. The summed E-state index contributed by atoms with van der Waals surface area (Å²) in [7, 11) is 0. The first kappa shape index (κ1) is 19.1. The summed E-state index contributed by atoms with van der Waals surface area (Å²) in [6.07, 6.45) is 0.108. The molecule has 4 rings (SSSR count). The number of nitrogens with one attached hydrogen (secondary N) is 2. The summed E-state index contributed by atoms with van der Waals surface area (Å²) < 4.78 is 12.0. The van der Waals surface area contributed by atoms with Gasteiger partial charge >= 0.3 is 0 Å². The Morgan fingerprint density at radius 1 is 1.29 bits per heavy atom. The van der Waals surface area contributed by atoms with Crippen molar-refractivity contribution in [1.29, 1.82) is 0 Å². The maximum absolute atomic E-state index is 12.6. The van der Waals surface area contributed by atoms with Gasteiger partial charge in [-0.15, -0.1) is 11.8 Å². The molecule has 2 heterocycles. The summed E-state index contributed by atoms with van der Waals surface area (Å²) in [5.41, 5.74) is 1.69. The number of halogens is 1. The van der Waals surface area contributed by atoms with Gasteiger partial charge in [-0.25, -0.2) is 0 Å². The van der Waals surface area contributed by atoms with Crippen LogP contribution in [0.1, 0.15) is 24.9 Å². The highest BCUT2D eigenvalue weighted by Crippen LogP contribution is 2.39. The van der Waals surface area contributed by atoms with E-state index in [0.717, 1.165) is 20.6 Å². The van der Waals surface area contributed by atoms with Crippen LogP contribution in [-0.4, -0.2) is 30.3 Å². The number of carbonyl (C=O) groups excluding carboxylic acids is 2. The van der Waals surface area contributed by atoms with Gasteiger partial charge in [-0.3, -0.25) is 9.59 Å². The first-order chi connectivity index (χ1) is 13.5. The highest BCUT2D eigenvalue weighted by Gasteiger charge is 2.29. The van der Waals surface area contributed by atoms with Gasteiger partial charge in [-0.2, -0.15) is 0 Å². The minimum atomic E-state index is -0.453. The van der Waals surface area contributed by atoms with E-state index >= 15 is 0 Å². The van der Waals surface area contributed by atoms with Gasteiger partial charge < -0.3 is 20.1 Å². The van der Waals surface area contributed by atoms with Crippen molar-refractivity contribution < 1.29 is 19.1 Å². The Kier molecular flexibility index (Phi) is 5.50. The molecule has 146 valence electrons. The fourth-order valence-corrected chi connectivity index (χ4v) is 4.96. The first-order valence-electron chi connectivity index (χ1n) is 8.96. The van der Waals surface area contributed by atoms with E-state index in [4.69, 9.17) is 9.47 Å². The highest BCUT2D eigenvalue weighted by atomic mass is 79.9. The Morgan fingerprint density at radius 2 is 2.00 bits per heavy atom. The molecule has 2 aliphatic heterocycles. The van der Waals surface area contributed by atoms with E-state index in [9.17, 15) is 9.59 Å².